The molecule has 5 nitrogen and oxygen atoms in total. The number of carbonyl (C=O) groups is 2. The summed E-state index contributed by atoms with van der Waals surface area (Å²) < 4.78 is 0. The molecule has 2 fully saturated rings. The molecule has 3 aliphatic rings. The molecular formula is C12H15NO4S. The van der Waals surface area contributed by atoms with Crippen LogP contribution in [-0.2, 0) is 9.59 Å². The van der Waals surface area contributed by atoms with Crippen molar-refractivity contribution in [3.63, 3.8) is 0 Å². The van der Waals surface area contributed by atoms with Crippen molar-refractivity contribution in [1.29, 1.82) is 0 Å². The number of hydrogen-bond donors (Lipinski definition) is 2. The highest BCUT2D eigenvalue weighted by Gasteiger charge is 2.61. The Bertz CT molecular complexity index is 459. The largest absolute Gasteiger partial charge is 0.477 e. The normalized spacial score (nSPS) is 36.0. The van der Waals surface area contributed by atoms with Gasteiger partial charge >= 0.3 is 5.97 Å². The second-order valence-electron chi connectivity index (χ2n) is 5.04. The zero-order valence-corrected chi connectivity index (χ0v) is 10.8. The molecule has 0 spiro atoms. The summed E-state index contributed by atoms with van der Waals surface area (Å²) in [5, 5.41) is 19.0. The van der Waals surface area contributed by atoms with E-state index < -0.39 is 18.0 Å². The Morgan fingerprint density at radius 3 is 2.89 bits per heavy atom. The number of carboxylic acids is 1. The molecule has 2 saturated heterocycles. The molecule has 0 bridgehead atoms. The summed E-state index contributed by atoms with van der Waals surface area (Å²) in [4.78, 5) is 24.7. The minimum atomic E-state index is -1.02. The lowest BCUT2D eigenvalue weighted by atomic mass is 9.82. The van der Waals surface area contributed by atoms with Crippen molar-refractivity contribution in [1.82, 2.24) is 4.90 Å². The number of rotatable bonds is 2. The van der Waals surface area contributed by atoms with Gasteiger partial charge in [-0.25, -0.2) is 4.79 Å². The lowest BCUT2D eigenvalue weighted by molar-refractivity contribution is -0.160. The van der Waals surface area contributed by atoms with Crippen molar-refractivity contribution >= 4 is 23.6 Å². The molecule has 0 aromatic rings. The Hall–Kier alpha value is -1.01. The Balaban J connectivity index is 2.00. The molecule has 0 saturated carbocycles. The van der Waals surface area contributed by atoms with Crippen molar-refractivity contribution in [3.05, 3.63) is 11.3 Å². The van der Waals surface area contributed by atoms with Crippen LogP contribution in [-0.4, -0.2) is 50.1 Å². The molecule has 3 heterocycles. The lowest BCUT2D eigenvalue weighted by Crippen LogP contribution is -2.64. The number of β-lactam (4-membered cyclic amide) rings is 1. The van der Waals surface area contributed by atoms with Crippen molar-refractivity contribution in [3.8, 4) is 0 Å². The summed E-state index contributed by atoms with van der Waals surface area (Å²) in [5.41, 5.74) is 1.07. The first-order valence-electron chi connectivity index (χ1n) is 6.13. The first-order chi connectivity index (χ1) is 8.54. The maximum atomic E-state index is 12.0. The number of carboxylic acid groups (broad SMARTS) is 1. The van der Waals surface area contributed by atoms with Gasteiger partial charge in [-0.2, -0.15) is 11.8 Å². The van der Waals surface area contributed by atoms with Gasteiger partial charge in [-0.3, -0.25) is 4.79 Å². The van der Waals surface area contributed by atoms with Gasteiger partial charge in [0.2, 0.25) is 5.91 Å². The van der Waals surface area contributed by atoms with E-state index in [0.29, 0.717) is 0 Å². The summed E-state index contributed by atoms with van der Waals surface area (Å²) in [6.45, 7) is 1.60. The highest BCUT2D eigenvalue weighted by atomic mass is 32.2. The lowest BCUT2D eigenvalue weighted by Gasteiger charge is -2.47. The van der Waals surface area contributed by atoms with E-state index in [1.807, 2.05) is 0 Å². The van der Waals surface area contributed by atoms with Crippen LogP contribution < -0.4 is 0 Å². The van der Waals surface area contributed by atoms with E-state index in [-0.39, 0.29) is 22.9 Å². The molecule has 2 N–H and O–H groups in total. The van der Waals surface area contributed by atoms with Crippen LogP contribution >= 0.6 is 11.8 Å². The zero-order chi connectivity index (χ0) is 13.0. The number of amides is 1. The van der Waals surface area contributed by atoms with Gasteiger partial charge in [-0.15, -0.1) is 0 Å². The molecule has 6 heteroatoms. The second kappa shape index (κ2) is 3.99. The number of carbonyl (C=O) groups excluding carboxylic acids is 1. The quantitative estimate of drug-likeness (QED) is 0.711. The smallest absolute Gasteiger partial charge is 0.352 e. The van der Waals surface area contributed by atoms with Crippen LogP contribution in [0.4, 0.5) is 0 Å². The van der Waals surface area contributed by atoms with Crippen LogP contribution in [0, 0.1) is 5.92 Å². The van der Waals surface area contributed by atoms with Crippen molar-refractivity contribution in [2.75, 3.05) is 5.75 Å². The van der Waals surface area contributed by atoms with Crippen LogP contribution in [0.2, 0.25) is 0 Å². The minimum Gasteiger partial charge on any atom is -0.477 e. The summed E-state index contributed by atoms with van der Waals surface area (Å²) >= 11 is 1.72. The molecule has 18 heavy (non-hydrogen) atoms. The van der Waals surface area contributed by atoms with Crippen LogP contribution in [0.3, 0.4) is 0 Å². The Morgan fingerprint density at radius 1 is 1.56 bits per heavy atom. The molecule has 3 rings (SSSR count). The highest BCUT2D eigenvalue weighted by Crippen LogP contribution is 2.51. The predicted octanol–water partition coefficient (Wildman–Crippen LogP) is 0.442. The third kappa shape index (κ3) is 1.39. The number of hydrogen-bond acceptors (Lipinski definition) is 4. The molecular weight excluding hydrogens is 254 g/mol. The van der Waals surface area contributed by atoms with Crippen molar-refractivity contribution in [2.45, 2.75) is 37.2 Å². The summed E-state index contributed by atoms with van der Waals surface area (Å²) in [7, 11) is 0. The summed E-state index contributed by atoms with van der Waals surface area (Å²) in [6, 6.07) is -0.149. The average molecular weight is 269 g/mol. The van der Waals surface area contributed by atoms with Gasteiger partial charge in [0, 0.05) is 5.25 Å². The van der Waals surface area contributed by atoms with E-state index in [1.54, 1.807) is 18.7 Å². The second-order valence-corrected chi connectivity index (χ2v) is 6.29. The summed E-state index contributed by atoms with van der Waals surface area (Å²) in [5.74, 6) is -0.702. The topological polar surface area (TPSA) is 77.8 Å². The Morgan fingerprint density at radius 2 is 2.28 bits per heavy atom. The number of aliphatic carboxylic acids is 1. The van der Waals surface area contributed by atoms with Gasteiger partial charge in [-0.05, 0) is 31.1 Å². The Labute approximate surface area is 109 Å². The van der Waals surface area contributed by atoms with Crippen LogP contribution in [0.15, 0.2) is 11.3 Å². The molecule has 1 amide bonds. The predicted molar refractivity (Wildman–Crippen MR) is 65.9 cm³/mol. The number of aliphatic hydroxyl groups is 1. The maximum absolute atomic E-state index is 12.0. The molecule has 4 atom stereocenters. The molecule has 0 aromatic heterocycles. The Kier molecular flexibility index (Phi) is 2.67. The first kappa shape index (κ1) is 12.0. The van der Waals surface area contributed by atoms with Crippen molar-refractivity contribution < 1.29 is 19.8 Å². The summed E-state index contributed by atoms with van der Waals surface area (Å²) in [6.07, 6.45) is 1.00. The van der Waals surface area contributed by atoms with E-state index in [4.69, 9.17) is 0 Å². The van der Waals surface area contributed by atoms with E-state index >= 15 is 0 Å². The number of nitrogens with zero attached hydrogens (tertiary/aromatic N) is 1. The average Bonchev–Trinajstić information content (AvgIpc) is 2.60. The minimum absolute atomic E-state index is 0.0714. The fraction of sp³-hybridized carbons (Fsp3) is 0.667. The van der Waals surface area contributed by atoms with Gasteiger partial charge in [0.15, 0.2) is 0 Å². The number of fused-ring (bicyclic) bond motifs is 3. The monoisotopic (exact) mass is 269 g/mol. The van der Waals surface area contributed by atoms with Crippen LogP contribution in [0.1, 0.15) is 19.8 Å². The molecule has 0 aliphatic carbocycles. The molecule has 98 valence electrons. The van der Waals surface area contributed by atoms with E-state index in [9.17, 15) is 19.8 Å². The van der Waals surface area contributed by atoms with E-state index in [0.717, 1.165) is 24.2 Å². The van der Waals surface area contributed by atoms with Gasteiger partial charge in [-0.1, -0.05) is 0 Å². The van der Waals surface area contributed by atoms with Gasteiger partial charge < -0.3 is 15.1 Å². The van der Waals surface area contributed by atoms with Crippen molar-refractivity contribution in [2.24, 2.45) is 5.92 Å². The molecule has 0 aromatic carbocycles. The number of aliphatic hydroxyl groups excluding tert-OH is 1. The SMILES string of the molecule is C[C@@H](O)[C@H]1C(=O)N2C(C(=O)O)=C3CCCS[C@@H]3[C@H]12. The van der Waals surface area contributed by atoms with Gasteiger partial charge in [0.25, 0.3) is 0 Å². The molecule has 3 aliphatic heterocycles. The standard InChI is InChI=1S/C12H15NO4S/c1-5(14)7-9-10-6(3-2-4-18-10)8(12(16)17)13(9)11(7)15/h5,7,9-10,14H,2-4H2,1H3,(H,16,17)/t5-,7-,9+,10+/m1/s1. The third-order valence-corrected chi connectivity index (χ3v) is 5.44. The van der Waals surface area contributed by atoms with Crippen LogP contribution in [0.5, 0.6) is 0 Å². The van der Waals surface area contributed by atoms with Gasteiger partial charge in [0.05, 0.1) is 18.1 Å². The highest BCUT2D eigenvalue weighted by molar-refractivity contribution is 8.00. The fourth-order valence-corrected chi connectivity index (χ4v) is 4.76. The molecule has 0 unspecified atom stereocenters. The zero-order valence-electron chi connectivity index (χ0n) is 10.00. The van der Waals surface area contributed by atoms with E-state index in [1.165, 1.54) is 4.90 Å². The van der Waals surface area contributed by atoms with E-state index in [2.05, 4.69) is 0 Å². The third-order valence-electron chi connectivity index (χ3n) is 4.00. The van der Waals surface area contributed by atoms with Gasteiger partial charge in [0.1, 0.15) is 5.70 Å². The fourth-order valence-electron chi connectivity index (χ4n) is 3.28. The first-order valence-corrected chi connectivity index (χ1v) is 7.18. The molecule has 0 radical (unpaired) electrons. The number of thioether (sulfide) groups is 1. The van der Waals surface area contributed by atoms with Crippen LogP contribution in [0.25, 0.3) is 0 Å². The maximum Gasteiger partial charge on any atom is 0.352 e.